The van der Waals surface area contributed by atoms with Crippen LogP contribution in [0.1, 0.15) is 12.5 Å². The number of fused-ring (bicyclic) bond motifs is 1. The van der Waals surface area contributed by atoms with Crippen LogP contribution in [0.3, 0.4) is 0 Å². The lowest BCUT2D eigenvalue weighted by molar-refractivity contribution is -0.123. The lowest BCUT2D eigenvalue weighted by Gasteiger charge is -2.12. The van der Waals surface area contributed by atoms with E-state index in [1.807, 2.05) is 31.2 Å². The summed E-state index contributed by atoms with van der Waals surface area (Å²) >= 11 is 0. The Labute approximate surface area is 129 Å². The average Bonchev–Trinajstić information content (AvgIpc) is 3.16. The molecular weight excluding hydrogens is 282 g/mol. The quantitative estimate of drug-likeness (QED) is 0.876. The summed E-state index contributed by atoms with van der Waals surface area (Å²) in [4.78, 5) is 11.8. The van der Waals surface area contributed by atoms with Crippen molar-refractivity contribution in [2.75, 3.05) is 13.2 Å². The van der Waals surface area contributed by atoms with Gasteiger partial charge in [-0.1, -0.05) is 18.2 Å². The van der Waals surface area contributed by atoms with Crippen LogP contribution in [0.2, 0.25) is 0 Å². The van der Waals surface area contributed by atoms with Gasteiger partial charge in [-0.25, -0.2) is 0 Å². The molecule has 1 amide bonds. The number of rotatable bonds is 6. The first-order valence-electron chi connectivity index (χ1n) is 7.41. The molecular formula is C16H19N3O3. The summed E-state index contributed by atoms with van der Waals surface area (Å²) in [6.07, 6.45) is 4.18. The molecule has 0 bridgehead atoms. The van der Waals surface area contributed by atoms with Gasteiger partial charge in [-0.15, -0.1) is 0 Å². The van der Waals surface area contributed by atoms with Crippen LogP contribution in [-0.2, 0) is 17.8 Å². The number of carbonyl (C=O) groups is 1. The van der Waals surface area contributed by atoms with Crippen molar-refractivity contribution in [2.24, 2.45) is 0 Å². The highest BCUT2D eigenvalue weighted by Crippen LogP contribution is 2.27. The van der Waals surface area contributed by atoms with Crippen LogP contribution in [0, 0.1) is 0 Å². The van der Waals surface area contributed by atoms with Gasteiger partial charge >= 0.3 is 0 Å². The molecule has 0 spiro atoms. The topological polar surface area (TPSA) is 65.4 Å². The second kappa shape index (κ2) is 6.51. The van der Waals surface area contributed by atoms with E-state index in [-0.39, 0.29) is 18.6 Å². The number of aryl methyl sites for hydroxylation is 1. The average molecular weight is 301 g/mol. The van der Waals surface area contributed by atoms with E-state index in [0.29, 0.717) is 12.3 Å². The fourth-order valence-corrected chi connectivity index (χ4v) is 2.39. The van der Waals surface area contributed by atoms with Gasteiger partial charge in [0, 0.05) is 13.0 Å². The van der Waals surface area contributed by atoms with Crippen LogP contribution >= 0.6 is 0 Å². The molecule has 6 heteroatoms. The van der Waals surface area contributed by atoms with E-state index in [9.17, 15) is 4.79 Å². The molecule has 1 aliphatic rings. The van der Waals surface area contributed by atoms with Crippen molar-refractivity contribution >= 4 is 5.91 Å². The highest BCUT2D eigenvalue weighted by Gasteiger charge is 2.22. The van der Waals surface area contributed by atoms with Crippen LogP contribution in [0.4, 0.5) is 0 Å². The number of amides is 1. The van der Waals surface area contributed by atoms with Crippen molar-refractivity contribution in [1.82, 2.24) is 15.1 Å². The summed E-state index contributed by atoms with van der Waals surface area (Å²) in [7, 11) is 0. The zero-order chi connectivity index (χ0) is 15.4. The molecule has 0 saturated carbocycles. The Balaban J connectivity index is 1.40. The van der Waals surface area contributed by atoms with Gasteiger partial charge in [0.1, 0.15) is 11.9 Å². The Morgan fingerprint density at radius 1 is 1.50 bits per heavy atom. The summed E-state index contributed by atoms with van der Waals surface area (Å²) in [5, 5.41) is 6.92. The Hall–Kier alpha value is -2.50. The maximum atomic E-state index is 11.8. The van der Waals surface area contributed by atoms with Gasteiger partial charge in [-0.05, 0) is 18.6 Å². The van der Waals surface area contributed by atoms with Crippen molar-refractivity contribution in [3.63, 3.8) is 0 Å². The molecule has 0 fully saturated rings. The molecule has 2 aromatic rings. The normalized spacial score (nSPS) is 16.0. The number of aromatic nitrogens is 2. The molecule has 0 saturated heterocycles. The highest BCUT2D eigenvalue weighted by atomic mass is 16.5. The van der Waals surface area contributed by atoms with Gasteiger partial charge in [0.25, 0.3) is 5.91 Å². The van der Waals surface area contributed by atoms with E-state index in [1.165, 1.54) is 5.56 Å². The molecule has 1 aliphatic heterocycles. The number of hydrogen-bond donors (Lipinski definition) is 1. The second-order valence-electron chi connectivity index (χ2n) is 5.18. The number of nitrogens with one attached hydrogen (secondary N) is 1. The minimum absolute atomic E-state index is 0.0100. The third kappa shape index (κ3) is 3.39. The van der Waals surface area contributed by atoms with E-state index < -0.39 is 0 Å². The minimum atomic E-state index is -0.163. The molecule has 116 valence electrons. The van der Waals surface area contributed by atoms with Gasteiger partial charge < -0.3 is 14.8 Å². The molecule has 1 aromatic heterocycles. The van der Waals surface area contributed by atoms with Crippen molar-refractivity contribution < 1.29 is 14.3 Å². The zero-order valence-corrected chi connectivity index (χ0v) is 12.5. The number of benzene rings is 1. The van der Waals surface area contributed by atoms with Crippen molar-refractivity contribution in [1.29, 1.82) is 0 Å². The number of nitrogens with zero attached hydrogens (tertiary/aromatic N) is 2. The Kier molecular flexibility index (Phi) is 4.27. The highest BCUT2D eigenvalue weighted by molar-refractivity contribution is 5.77. The van der Waals surface area contributed by atoms with Gasteiger partial charge in [-0.3, -0.25) is 9.48 Å². The molecule has 0 unspecified atom stereocenters. The minimum Gasteiger partial charge on any atom is -0.488 e. The van der Waals surface area contributed by atoms with Gasteiger partial charge in [-0.2, -0.15) is 5.10 Å². The number of para-hydroxylation sites is 1. The first-order chi connectivity index (χ1) is 10.7. The van der Waals surface area contributed by atoms with Crippen LogP contribution in [-0.4, -0.2) is 34.9 Å². The summed E-state index contributed by atoms with van der Waals surface area (Å²) < 4.78 is 12.9. The molecule has 0 radical (unpaired) electrons. The fraction of sp³-hybridized carbons (Fsp3) is 0.375. The lowest BCUT2D eigenvalue weighted by Crippen LogP contribution is -2.37. The maximum absolute atomic E-state index is 11.8. The van der Waals surface area contributed by atoms with Crippen molar-refractivity contribution in [2.45, 2.75) is 26.0 Å². The van der Waals surface area contributed by atoms with E-state index in [4.69, 9.17) is 9.47 Å². The molecule has 1 N–H and O–H groups in total. The van der Waals surface area contributed by atoms with E-state index in [0.717, 1.165) is 18.7 Å². The Morgan fingerprint density at radius 2 is 2.36 bits per heavy atom. The van der Waals surface area contributed by atoms with E-state index >= 15 is 0 Å². The number of carbonyl (C=O) groups excluding carboxylic acids is 1. The Bertz CT molecular complexity index is 629. The van der Waals surface area contributed by atoms with Gasteiger partial charge in [0.2, 0.25) is 0 Å². The molecule has 6 nitrogen and oxygen atoms in total. The predicted molar refractivity (Wildman–Crippen MR) is 81.0 cm³/mol. The van der Waals surface area contributed by atoms with Crippen LogP contribution in [0.5, 0.6) is 11.5 Å². The smallest absolute Gasteiger partial charge is 0.258 e. The first-order valence-corrected chi connectivity index (χ1v) is 7.41. The lowest BCUT2D eigenvalue weighted by atomic mass is 10.1. The molecule has 1 aromatic carbocycles. The van der Waals surface area contributed by atoms with Crippen molar-refractivity contribution in [3.8, 4) is 11.5 Å². The van der Waals surface area contributed by atoms with Crippen LogP contribution < -0.4 is 14.8 Å². The summed E-state index contributed by atoms with van der Waals surface area (Å²) in [5.41, 5.74) is 1.19. The summed E-state index contributed by atoms with van der Waals surface area (Å²) in [6, 6.07) is 7.94. The molecule has 3 rings (SSSR count). The zero-order valence-electron chi connectivity index (χ0n) is 12.5. The molecule has 22 heavy (non-hydrogen) atoms. The number of hydrogen-bond acceptors (Lipinski definition) is 4. The van der Waals surface area contributed by atoms with Crippen LogP contribution in [0.25, 0.3) is 0 Å². The monoisotopic (exact) mass is 301 g/mol. The van der Waals surface area contributed by atoms with E-state index in [1.54, 1.807) is 17.1 Å². The predicted octanol–water partition coefficient (Wildman–Crippen LogP) is 1.40. The SMILES string of the molecule is CCn1cc(OCC(=O)NC[C@@H]2Cc3ccccc3O2)cn1. The van der Waals surface area contributed by atoms with Crippen LogP contribution in [0.15, 0.2) is 36.7 Å². The third-order valence-corrected chi connectivity index (χ3v) is 3.54. The molecule has 2 heterocycles. The molecule has 0 aliphatic carbocycles. The van der Waals surface area contributed by atoms with Crippen molar-refractivity contribution in [3.05, 3.63) is 42.2 Å². The fourth-order valence-electron chi connectivity index (χ4n) is 2.39. The second-order valence-corrected chi connectivity index (χ2v) is 5.18. The largest absolute Gasteiger partial charge is 0.488 e. The summed E-state index contributed by atoms with van der Waals surface area (Å²) in [5.74, 6) is 1.34. The van der Waals surface area contributed by atoms with Gasteiger partial charge in [0.05, 0.1) is 18.9 Å². The number of ether oxygens (including phenoxy) is 2. The first kappa shape index (κ1) is 14.4. The molecule has 1 atom stereocenters. The maximum Gasteiger partial charge on any atom is 0.258 e. The summed E-state index contributed by atoms with van der Waals surface area (Å²) in [6.45, 7) is 3.22. The van der Waals surface area contributed by atoms with Gasteiger partial charge in [0.15, 0.2) is 12.4 Å². The standard InChI is InChI=1S/C16H19N3O3/c1-2-19-10-14(9-18-19)21-11-16(20)17-8-13-7-12-5-3-4-6-15(12)22-13/h3-6,9-10,13H,2,7-8,11H2,1H3,(H,17,20)/t13-/m0/s1. The van der Waals surface area contributed by atoms with E-state index in [2.05, 4.69) is 10.4 Å². The third-order valence-electron chi connectivity index (χ3n) is 3.54. The Morgan fingerprint density at radius 3 is 3.14 bits per heavy atom.